The molecule has 22 heavy (non-hydrogen) atoms. The zero-order valence-electron chi connectivity index (χ0n) is 12.1. The number of para-hydroxylation sites is 1. The van der Waals surface area contributed by atoms with E-state index < -0.39 is 10.0 Å². The minimum Gasteiger partial charge on any atom is -0.380 e. The maximum atomic E-state index is 12.1. The summed E-state index contributed by atoms with van der Waals surface area (Å²) in [6.45, 7) is 0.845. The number of rotatable bonds is 8. The highest BCUT2D eigenvalue weighted by atomic mass is 32.2. The van der Waals surface area contributed by atoms with Crippen LogP contribution in [0.15, 0.2) is 36.5 Å². The van der Waals surface area contributed by atoms with Crippen LogP contribution in [0.25, 0.3) is 5.69 Å². The Labute approximate surface area is 129 Å². The molecule has 1 aliphatic carbocycles. The fourth-order valence-electron chi connectivity index (χ4n) is 1.98. The van der Waals surface area contributed by atoms with Gasteiger partial charge in [0.2, 0.25) is 10.0 Å². The van der Waals surface area contributed by atoms with Crippen LogP contribution in [0.1, 0.15) is 12.8 Å². The third-order valence-electron chi connectivity index (χ3n) is 3.36. The van der Waals surface area contributed by atoms with Crippen molar-refractivity contribution in [2.24, 2.45) is 5.92 Å². The van der Waals surface area contributed by atoms with Crippen molar-refractivity contribution in [3.05, 3.63) is 36.5 Å². The number of aromatic nitrogens is 3. The predicted molar refractivity (Wildman–Crippen MR) is 82.3 cm³/mol. The van der Waals surface area contributed by atoms with Crippen molar-refractivity contribution < 1.29 is 13.2 Å². The lowest BCUT2D eigenvalue weighted by Gasteiger charge is -2.09. The van der Waals surface area contributed by atoms with Crippen molar-refractivity contribution in [1.82, 2.24) is 15.0 Å². The standard InChI is InChI=1S/C14H18N4O3S/c19-22(20,9-8-21-11-12-6-7-12)16-14-10-15-17-18(14)13-4-2-1-3-5-13/h1-5,10,12,16H,6-9,11H2. The van der Waals surface area contributed by atoms with E-state index in [0.717, 1.165) is 5.69 Å². The molecule has 8 heteroatoms. The minimum absolute atomic E-state index is 0.0836. The fraction of sp³-hybridized carbons (Fsp3) is 0.429. The lowest BCUT2D eigenvalue weighted by molar-refractivity contribution is 0.138. The summed E-state index contributed by atoms with van der Waals surface area (Å²) in [5.41, 5.74) is 0.739. The molecule has 1 aromatic heterocycles. The molecule has 1 aliphatic rings. The van der Waals surface area contributed by atoms with Gasteiger partial charge in [-0.3, -0.25) is 4.72 Å². The summed E-state index contributed by atoms with van der Waals surface area (Å²) in [6.07, 6.45) is 3.76. The van der Waals surface area contributed by atoms with Gasteiger partial charge >= 0.3 is 0 Å². The summed E-state index contributed by atoms with van der Waals surface area (Å²) in [7, 11) is -3.49. The van der Waals surface area contributed by atoms with E-state index in [1.54, 1.807) is 0 Å². The van der Waals surface area contributed by atoms with E-state index in [-0.39, 0.29) is 12.4 Å². The topological polar surface area (TPSA) is 86.1 Å². The van der Waals surface area contributed by atoms with Crippen LogP contribution in [0.3, 0.4) is 0 Å². The Hall–Kier alpha value is -1.93. The number of nitrogens with one attached hydrogen (secondary N) is 1. The van der Waals surface area contributed by atoms with Gasteiger partial charge in [0, 0.05) is 6.61 Å². The molecule has 1 heterocycles. The van der Waals surface area contributed by atoms with Crippen LogP contribution in [0, 0.1) is 5.92 Å². The predicted octanol–water partition coefficient (Wildman–Crippen LogP) is 1.44. The molecule has 1 saturated carbocycles. The van der Waals surface area contributed by atoms with Crippen molar-refractivity contribution in [2.75, 3.05) is 23.7 Å². The molecule has 0 atom stereocenters. The normalized spacial score (nSPS) is 14.9. The Bertz CT molecular complexity index is 711. The Morgan fingerprint density at radius 3 is 2.77 bits per heavy atom. The van der Waals surface area contributed by atoms with Gasteiger partial charge in [-0.05, 0) is 30.9 Å². The minimum atomic E-state index is -3.49. The number of hydrogen-bond acceptors (Lipinski definition) is 5. The number of ether oxygens (including phenoxy) is 1. The average Bonchev–Trinajstić information content (AvgIpc) is 3.23. The Balaban J connectivity index is 1.61. The van der Waals surface area contributed by atoms with Crippen molar-refractivity contribution in [3.8, 4) is 5.69 Å². The first-order valence-electron chi connectivity index (χ1n) is 7.18. The molecular weight excluding hydrogens is 304 g/mol. The summed E-state index contributed by atoms with van der Waals surface area (Å²) >= 11 is 0. The second-order valence-corrected chi connectivity index (χ2v) is 7.15. The Kier molecular flexibility index (Phi) is 4.39. The third kappa shape index (κ3) is 4.05. The highest BCUT2D eigenvalue weighted by molar-refractivity contribution is 7.92. The number of nitrogens with zero attached hydrogens (tertiary/aromatic N) is 3. The zero-order valence-corrected chi connectivity index (χ0v) is 12.9. The summed E-state index contributed by atoms with van der Waals surface area (Å²) in [6, 6.07) is 9.22. The third-order valence-corrected chi connectivity index (χ3v) is 4.58. The summed E-state index contributed by atoms with van der Waals surface area (Å²) in [5.74, 6) is 0.854. The SMILES string of the molecule is O=S(=O)(CCOCC1CC1)Nc1cnnn1-c1ccccc1. The summed E-state index contributed by atoms with van der Waals surface area (Å²) in [5, 5.41) is 7.67. The lowest BCUT2D eigenvalue weighted by atomic mass is 10.3. The number of sulfonamides is 1. The van der Waals surface area contributed by atoms with Crippen molar-refractivity contribution >= 4 is 15.8 Å². The van der Waals surface area contributed by atoms with Crippen LogP contribution >= 0.6 is 0 Å². The molecule has 1 fully saturated rings. The zero-order chi connectivity index (χ0) is 15.4. The van der Waals surface area contributed by atoms with Gasteiger partial charge in [-0.25, -0.2) is 8.42 Å². The first-order valence-corrected chi connectivity index (χ1v) is 8.84. The van der Waals surface area contributed by atoms with Crippen molar-refractivity contribution in [1.29, 1.82) is 0 Å². The van der Waals surface area contributed by atoms with Gasteiger partial charge in [-0.2, -0.15) is 4.68 Å². The van der Waals surface area contributed by atoms with E-state index in [0.29, 0.717) is 18.3 Å². The number of anilines is 1. The van der Waals surface area contributed by atoms with Crippen LogP contribution < -0.4 is 4.72 Å². The molecule has 1 aromatic carbocycles. The Morgan fingerprint density at radius 1 is 1.27 bits per heavy atom. The van der Waals surface area contributed by atoms with Gasteiger partial charge in [0.1, 0.15) is 0 Å². The van der Waals surface area contributed by atoms with E-state index in [2.05, 4.69) is 15.0 Å². The summed E-state index contributed by atoms with van der Waals surface area (Å²) in [4.78, 5) is 0. The molecule has 0 saturated heterocycles. The van der Waals surface area contributed by atoms with Crippen molar-refractivity contribution in [3.63, 3.8) is 0 Å². The molecule has 118 valence electrons. The maximum Gasteiger partial charge on any atom is 0.236 e. The molecule has 7 nitrogen and oxygen atoms in total. The molecule has 0 aliphatic heterocycles. The number of benzene rings is 1. The second kappa shape index (κ2) is 6.45. The van der Waals surface area contributed by atoms with Gasteiger partial charge in [0.15, 0.2) is 5.82 Å². The van der Waals surface area contributed by atoms with Gasteiger partial charge < -0.3 is 4.74 Å². The molecule has 0 radical (unpaired) electrons. The molecular formula is C14H18N4O3S. The highest BCUT2D eigenvalue weighted by Gasteiger charge is 2.21. The van der Waals surface area contributed by atoms with E-state index >= 15 is 0 Å². The van der Waals surface area contributed by atoms with Crippen LogP contribution in [-0.2, 0) is 14.8 Å². The van der Waals surface area contributed by atoms with Gasteiger partial charge in [0.25, 0.3) is 0 Å². The molecule has 3 rings (SSSR count). The Morgan fingerprint density at radius 2 is 2.05 bits per heavy atom. The van der Waals surface area contributed by atoms with E-state index in [1.807, 2.05) is 30.3 Å². The molecule has 0 spiro atoms. The van der Waals surface area contributed by atoms with E-state index in [9.17, 15) is 8.42 Å². The van der Waals surface area contributed by atoms with E-state index in [1.165, 1.54) is 23.7 Å². The smallest absolute Gasteiger partial charge is 0.236 e. The highest BCUT2D eigenvalue weighted by Crippen LogP contribution is 2.28. The second-order valence-electron chi connectivity index (χ2n) is 5.31. The van der Waals surface area contributed by atoms with Crippen molar-refractivity contribution in [2.45, 2.75) is 12.8 Å². The molecule has 0 amide bonds. The molecule has 0 bridgehead atoms. The van der Waals surface area contributed by atoms with Crippen LogP contribution in [0.4, 0.5) is 5.82 Å². The fourth-order valence-corrected chi connectivity index (χ4v) is 2.88. The van der Waals surface area contributed by atoms with Crippen LogP contribution in [0.2, 0.25) is 0 Å². The lowest BCUT2D eigenvalue weighted by Crippen LogP contribution is -2.22. The average molecular weight is 322 g/mol. The quantitative estimate of drug-likeness (QED) is 0.743. The first-order chi connectivity index (χ1) is 10.6. The molecule has 0 unspecified atom stereocenters. The largest absolute Gasteiger partial charge is 0.380 e. The molecule has 1 N–H and O–H groups in total. The van der Waals surface area contributed by atoms with Gasteiger partial charge in [-0.15, -0.1) is 5.10 Å². The summed E-state index contributed by atoms with van der Waals surface area (Å²) < 4.78 is 33.5. The first kappa shape index (κ1) is 15.0. The van der Waals surface area contributed by atoms with E-state index in [4.69, 9.17) is 4.74 Å². The number of hydrogen-bond donors (Lipinski definition) is 1. The van der Waals surface area contributed by atoms with Gasteiger partial charge in [0.05, 0.1) is 24.2 Å². The van der Waals surface area contributed by atoms with Crippen LogP contribution in [0.5, 0.6) is 0 Å². The molecule has 2 aromatic rings. The maximum absolute atomic E-state index is 12.1. The monoisotopic (exact) mass is 322 g/mol. The van der Waals surface area contributed by atoms with Gasteiger partial charge in [-0.1, -0.05) is 23.4 Å². The van der Waals surface area contributed by atoms with Crippen LogP contribution in [-0.4, -0.2) is 42.4 Å².